The van der Waals surface area contributed by atoms with E-state index in [0.29, 0.717) is 12.1 Å². The lowest BCUT2D eigenvalue weighted by Gasteiger charge is -2.21. The van der Waals surface area contributed by atoms with Gasteiger partial charge in [-0.15, -0.1) is 11.3 Å². The van der Waals surface area contributed by atoms with Gasteiger partial charge < -0.3 is 10.2 Å². The minimum Gasteiger partial charge on any atom is -0.341 e. The number of anilines is 1. The average Bonchev–Trinajstić information content (AvgIpc) is 3.15. The number of aromatic nitrogens is 1. The van der Waals surface area contributed by atoms with Gasteiger partial charge in [0.25, 0.3) is 5.91 Å². The Kier molecular flexibility index (Phi) is 4.17. The van der Waals surface area contributed by atoms with Gasteiger partial charge in [-0.2, -0.15) is 0 Å². The second-order valence-electron chi connectivity index (χ2n) is 6.80. The minimum atomic E-state index is -0.613. The molecule has 0 aliphatic carbocycles. The van der Waals surface area contributed by atoms with Crippen LogP contribution in [0.3, 0.4) is 0 Å². The van der Waals surface area contributed by atoms with E-state index in [4.69, 9.17) is 0 Å². The Balaban J connectivity index is 1.79. The van der Waals surface area contributed by atoms with Gasteiger partial charge in [0.2, 0.25) is 5.91 Å². The molecule has 0 fully saturated rings. The zero-order valence-corrected chi connectivity index (χ0v) is 15.1. The van der Waals surface area contributed by atoms with Crippen LogP contribution in [0.4, 0.5) is 5.69 Å². The number of benzene rings is 1. The molecule has 0 saturated carbocycles. The number of fused-ring (bicyclic) bond motifs is 1. The molecule has 0 saturated heterocycles. The molecular formula is C18H21N3O2S. The Bertz CT molecular complexity index is 784. The van der Waals surface area contributed by atoms with E-state index in [0.717, 1.165) is 16.3 Å². The lowest BCUT2D eigenvalue weighted by Crippen LogP contribution is -2.31. The third kappa shape index (κ3) is 2.82. The van der Waals surface area contributed by atoms with E-state index < -0.39 is 5.41 Å². The number of carbonyl (C=O) groups excluding carboxylic acids is 2. The lowest BCUT2D eigenvalue weighted by molar-refractivity contribution is -0.119. The summed E-state index contributed by atoms with van der Waals surface area (Å²) in [5, 5.41) is 5.84. The van der Waals surface area contributed by atoms with Crippen molar-refractivity contribution in [1.29, 1.82) is 0 Å². The van der Waals surface area contributed by atoms with Crippen LogP contribution in [0.2, 0.25) is 0 Å². The summed E-state index contributed by atoms with van der Waals surface area (Å²) in [5.74, 6) is 0.109. The Morgan fingerprint density at radius 1 is 1.42 bits per heavy atom. The van der Waals surface area contributed by atoms with Gasteiger partial charge in [0.1, 0.15) is 0 Å². The Hall–Kier alpha value is -2.21. The van der Waals surface area contributed by atoms with Gasteiger partial charge in [0, 0.05) is 42.3 Å². The molecule has 0 bridgehead atoms. The number of rotatable bonds is 4. The normalized spacial score (nSPS) is 16.4. The molecule has 1 N–H and O–H groups in total. The Labute approximate surface area is 145 Å². The van der Waals surface area contributed by atoms with Gasteiger partial charge in [0.05, 0.1) is 10.4 Å². The third-order valence-electron chi connectivity index (χ3n) is 4.52. The van der Waals surface area contributed by atoms with Crippen LogP contribution in [0.25, 0.3) is 0 Å². The quantitative estimate of drug-likeness (QED) is 0.927. The van der Waals surface area contributed by atoms with Crippen LogP contribution in [0.1, 0.15) is 47.6 Å². The number of thiazole rings is 1. The summed E-state index contributed by atoms with van der Waals surface area (Å²) >= 11 is 1.60. The highest BCUT2D eigenvalue weighted by atomic mass is 32.1. The second-order valence-corrected chi connectivity index (χ2v) is 7.72. The summed E-state index contributed by atoms with van der Waals surface area (Å²) in [7, 11) is 1.80. The molecule has 1 aliphatic heterocycles. The maximum absolute atomic E-state index is 12.7. The van der Waals surface area contributed by atoms with E-state index in [1.54, 1.807) is 35.5 Å². The summed E-state index contributed by atoms with van der Waals surface area (Å²) in [6.07, 6.45) is 1.78. The van der Waals surface area contributed by atoms with Gasteiger partial charge >= 0.3 is 0 Å². The van der Waals surface area contributed by atoms with Crippen LogP contribution in [0, 0.1) is 0 Å². The first-order chi connectivity index (χ1) is 11.3. The first-order valence-electron chi connectivity index (χ1n) is 7.91. The maximum atomic E-state index is 12.7. The number of nitrogens with zero attached hydrogens (tertiary/aromatic N) is 2. The van der Waals surface area contributed by atoms with Gasteiger partial charge in [-0.25, -0.2) is 4.98 Å². The van der Waals surface area contributed by atoms with Crippen molar-refractivity contribution >= 4 is 28.8 Å². The second kappa shape index (κ2) is 6.02. The summed E-state index contributed by atoms with van der Waals surface area (Å²) in [6, 6.07) is 5.42. The molecule has 0 radical (unpaired) electrons. The molecule has 0 spiro atoms. The first kappa shape index (κ1) is 16.6. The molecule has 3 rings (SSSR count). The van der Waals surface area contributed by atoms with Gasteiger partial charge in [-0.1, -0.05) is 6.92 Å². The largest absolute Gasteiger partial charge is 0.341 e. The van der Waals surface area contributed by atoms with Crippen molar-refractivity contribution in [2.24, 2.45) is 0 Å². The van der Waals surface area contributed by atoms with Gasteiger partial charge in [0.15, 0.2) is 0 Å². The van der Waals surface area contributed by atoms with Crippen molar-refractivity contribution in [2.45, 2.75) is 32.1 Å². The van der Waals surface area contributed by atoms with Gasteiger partial charge in [-0.3, -0.25) is 9.59 Å². The van der Waals surface area contributed by atoms with Crippen LogP contribution in [-0.2, 0) is 10.2 Å². The van der Waals surface area contributed by atoms with E-state index in [1.807, 2.05) is 31.4 Å². The van der Waals surface area contributed by atoms with Crippen LogP contribution >= 0.6 is 11.3 Å². The summed E-state index contributed by atoms with van der Waals surface area (Å²) in [4.78, 5) is 30.8. The van der Waals surface area contributed by atoms with Crippen LogP contribution in [0.15, 0.2) is 29.8 Å². The van der Waals surface area contributed by atoms with Crippen molar-refractivity contribution in [2.75, 3.05) is 18.9 Å². The molecule has 126 valence electrons. The molecule has 1 aliphatic rings. The van der Waals surface area contributed by atoms with E-state index in [-0.39, 0.29) is 17.7 Å². The number of hydrogen-bond donors (Lipinski definition) is 1. The molecule has 2 aromatic rings. The monoisotopic (exact) mass is 343 g/mol. The van der Waals surface area contributed by atoms with Crippen molar-refractivity contribution in [1.82, 2.24) is 9.88 Å². The number of hydrogen-bond acceptors (Lipinski definition) is 4. The van der Waals surface area contributed by atoms with Crippen LogP contribution in [-0.4, -0.2) is 35.3 Å². The highest BCUT2D eigenvalue weighted by Crippen LogP contribution is 2.37. The number of amides is 2. The molecule has 1 aromatic heterocycles. The number of carbonyl (C=O) groups is 2. The van der Waals surface area contributed by atoms with Crippen molar-refractivity contribution in [3.8, 4) is 0 Å². The fraction of sp³-hybridized carbons (Fsp3) is 0.389. The summed E-state index contributed by atoms with van der Waals surface area (Å²) in [5.41, 5.74) is 1.66. The molecule has 2 heterocycles. The SMILES string of the molecule is CC(CN(C)C(=O)c1ccc2c(c1)C(C)(C)C(=O)N2)c1nccs1. The molecule has 6 heteroatoms. The first-order valence-corrected chi connectivity index (χ1v) is 8.79. The predicted molar refractivity (Wildman–Crippen MR) is 95.6 cm³/mol. The summed E-state index contributed by atoms with van der Waals surface area (Å²) < 4.78 is 0. The van der Waals surface area contributed by atoms with E-state index in [2.05, 4.69) is 17.2 Å². The molecule has 1 unspecified atom stereocenters. The van der Waals surface area contributed by atoms with Crippen molar-refractivity contribution in [3.63, 3.8) is 0 Å². The van der Waals surface area contributed by atoms with Crippen molar-refractivity contribution < 1.29 is 9.59 Å². The zero-order chi connectivity index (χ0) is 17.5. The van der Waals surface area contributed by atoms with E-state index in [9.17, 15) is 9.59 Å². The average molecular weight is 343 g/mol. The molecule has 1 aromatic carbocycles. The Morgan fingerprint density at radius 3 is 2.83 bits per heavy atom. The van der Waals surface area contributed by atoms with E-state index >= 15 is 0 Å². The summed E-state index contributed by atoms with van der Waals surface area (Å²) in [6.45, 7) is 6.41. The molecule has 5 nitrogen and oxygen atoms in total. The fourth-order valence-corrected chi connectivity index (χ4v) is 3.66. The number of nitrogens with one attached hydrogen (secondary N) is 1. The molecule has 24 heavy (non-hydrogen) atoms. The zero-order valence-electron chi connectivity index (χ0n) is 14.3. The fourth-order valence-electron chi connectivity index (χ4n) is 2.97. The highest BCUT2D eigenvalue weighted by molar-refractivity contribution is 7.09. The Morgan fingerprint density at radius 2 is 2.17 bits per heavy atom. The maximum Gasteiger partial charge on any atom is 0.253 e. The molecule has 1 atom stereocenters. The van der Waals surface area contributed by atoms with Crippen LogP contribution in [0.5, 0.6) is 0 Å². The molecular weight excluding hydrogens is 322 g/mol. The van der Waals surface area contributed by atoms with E-state index in [1.165, 1.54) is 0 Å². The standard InChI is InChI=1S/C18H21N3O2S/c1-11(15-19-7-8-24-15)10-21(4)16(22)12-5-6-14-13(9-12)18(2,3)17(23)20-14/h5-9,11H,10H2,1-4H3,(H,20,23). The molecule has 2 amide bonds. The number of likely N-dealkylation sites (N-methyl/N-ethyl adjacent to an activating group) is 1. The van der Waals surface area contributed by atoms with Crippen LogP contribution < -0.4 is 5.32 Å². The lowest BCUT2D eigenvalue weighted by atomic mass is 9.85. The van der Waals surface area contributed by atoms with Gasteiger partial charge in [-0.05, 0) is 37.6 Å². The predicted octanol–water partition coefficient (Wildman–Crippen LogP) is 3.25. The third-order valence-corrected chi connectivity index (χ3v) is 5.53. The smallest absolute Gasteiger partial charge is 0.253 e. The minimum absolute atomic E-state index is 0.0344. The van der Waals surface area contributed by atoms with Crippen molar-refractivity contribution in [3.05, 3.63) is 45.9 Å². The highest BCUT2D eigenvalue weighted by Gasteiger charge is 2.38. The topological polar surface area (TPSA) is 62.3 Å².